The minimum Gasteiger partial charge on any atom is -0.466 e. The van der Waals surface area contributed by atoms with Gasteiger partial charge in [0.25, 0.3) is 0 Å². The average Bonchev–Trinajstić information content (AvgIpc) is 2.34. The van der Waals surface area contributed by atoms with Gasteiger partial charge >= 0.3 is 12.1 Å². The molecule has 122 valence electrons. The van der Waals surface area contributed by atoms with E-state index in [1.165, 1.54) is 0 Å². The summed E-state index contributed by atoms with van der Waals surface area (Å²) in [4.78, 5) is 27.4. The first kappa shape index (κ1) is 17.8. The highest BCUT2D eigenvalue weighted by atomic mass is 16.6. The van der Waals surface area contributed by atoms with Crippen LogP contribution in [0, 0.1) is 0 Å². The molecular formula is C15H28N2O4. The minimum atomic E-state index is -0.474. The molecule has 6 heteroatoms. The van der Waals surface area contributed by atoms with Crippen LogP contribution in [-0.2, 0) is 14.3 Å². The van der Waals surface area contributed by atoms with Crippen molar-refractivity contribution in [2.24, 2.45) is 0 Å². The Morgan fingerprint density at radius 1 is 1.24 bits per heavy atom. The van der Waals surface area contributed by atoms with Crippen molar-refractivity contribution < 1.29 is 19.1 Å². The van der Waals surface area contributed by atoms with Crippen molar-refractivity contribution in [2.75, 3.05) is 32.8 Å². The third-order valence-electron chi connectivity index (χ3n) is 3.28. The largest absolute Gasteiger partial charge is 0.466 e. The Kier molecular flexibility index (Phi) is 6.45. The van der Waals surface area contributed by atoms with Gasteiger partial charge in [0.2, 0.25) is 0 Å². The fraction of sp³-hybridized carbons (Fsp3) is 0.867. The summed E-state index contributed by atoms with van der Waals surface area (Å²) in [7, 11) is 0. The van der Waals surface area contributed by atoms with Gasteiger partial charge in [-0.1, -0.05) is 0 Å². The van der Waals surface area contributed by atoms with Crippen molar-refractivity contribution in [3.05, 3.63) is 0 Å². The van der Waals surface area contributed by atoms with Crippen LogP contribution in [0.2, 0.25) is 0 Å². The second kappa shape index (κ2) is 7.64. The van der Waals surface area contributed by atoms with Gasteiger partial charge in [-0.05, 0) is 34.6 Å². The van der Waals surface area contributed by atoms with Crippen molar-refractivity contribution in [3.63, 3.8) is 0 Å². The number of ether oxygens (including phenoxy) is 2. The number of esters is 1. The Labute approximate surface area is 127 Å². The fourth-order valence-corrected chi connectivity index (χ4v) is 2.31. The van der Waals surface area contributed by atoms with Crippen molar-refractivity contribution in [1.82, 2.24) is 9.80 Å². The van der Waals surface area contributed by atoms with E-state index in [1.54, 1.807) is 11.8 Å². The van der Waals surface area contributed by atoms with Crippen molar-refractivity contribution >= 4 is 12.1 Å². The Bertz CT molecular complexity index is 365. The summed E-state index contributed by atoms with van der Waals surface area (Å²) in [6.07, 6.45) is 0.132. The molecule has 0 radical (unpaired) electrons. The summed E-state index contributed by atoms with van der Waals surface area (Å²) in [6, 6.07) is 0.0794. The molecule has 1 heterocycles. The molecule has 1 saturated heterocycles. The first-order valence-corrected chi connectivity index (χ1v) is 7.60. The molecule has 1 atom stereocenters. The van der Waals surface area contributed by atoms with Gasteiger partial charge in [0.1, 0.15) is 5.60 Å². The average molecular weight is 300 g/mol. The van der Waals surface area contributed by atoms with Gasteiger partial charge in [-0.3, -0.25) is 9.69 Å². The zero-order valence-electron chi connectivity index (χ0n) is 13.8. The summed E-state index contributed by atoms with van der Waals surface area (Å²) in [5.41, 5.74) is -0.474. The highest BCUT2D eigenvalue weighted by Gasteiger charge is 2.30. The lowest BCUT2D eigenvalue weighted by molar-refractivity contribution is -0.143. The maximum atomic E-state index is 12.1. The molecule has 0 aromatic carbocycles. The monoisotopic (exact) mass is 300 g/mol. The minimum absolute atomic E-state index is 0.0794. The van der Waals surface area contributed by atoms with E-state index in [9.17, 15) is 9.59 Å². The molecule has 1 fully saturated rings. The maximum Gasteiger partial charge on any atom is 0.410 e. The third-order valence-corrected chi connectivity index (χ3v) is 3.28. The number of hydrogen-bond acceptors (Lipinski definition) is 5. The molecule has 21 heavy (non-hydrogen) atoms. The van der Waals surface area contributed by atoms with Crippen LogP contribution in [0.15, 0.2) is 0 Å². The quantitative estimate of drug-likeness (QED) is 0.742. The van der Waals surface area contributed by atoms with Gasteiger partial charge in [0, 0.05) is 32.2 Å². The summed E-state index contributed by atoms with van der Waals surface area (Å²) >= 11 is 0. The van der Waals surface area contributed by atoms with Crippen molar-refractivity contribution in [3.8, 4) is 0 Å². The molecular weight excluding hydrogens is 272 g/mol. The van der Waals surface area contributed by atoms with Gasteiger partial charge in [0.05, 0.1) is 13.0 Å². The normalized spacial score (nSPS) is 20.2. The number of rotatable bonds is 4. The van der Waals surface area contributed by atoms with E-state index >= 15 is 0 Å². The van der Waals surface area contributed by atoms with E-state index in [0.29, 0.717) is 26.1 Å². The van der Waals surface area contributed by atoms with E-state index in [-0.39, 0.29) is 18.1 Å². The number of hydrogen-bond donors (Lipinski definition) is 0. The van der Waals surface area contributed by atoms with Gasteiger partial charge in [-0.15, -0.1) is 0 Å². The van der Waals surface area contributed by atoms with Crippen molar-refractivity contribution in [1.29, 1.82) is 0 Å². The molecule has 0 aromatic rings. The van der Waals surface area contributed by atoms with E-state index in [0.717, 1.165) is 13.1 Å². The number of amides is 1. The van der Waals surface area contributed by atoms with Crippen LogP contribution >= 0.6 is 0 Å². The Morgan fingerprint density at radius 3 is 2.43 bits per heavy atom. The van der Waals surface area contributed by atoms with E-state index in [4.69, 9.17) is 9.47 Å². The molecule has 0 spiro atoms. The van der Waals surface area contributed by atoms with Crippen LogP contribution in [-0.4, -0.2) is 66.3 Å². The summed E-state index contributed by atoms with van der Waals surface area (Å²) in [5, 5.41) is 0. The molecule has 0 aliphatic carbocycles. The second-order valence-electron chi connectivity index (χ2n) is 6.38. The molecule has 0 N–H and O–H groups in total. The molecule has 1 aliphatic rings. The highest BCUT2D eigenvalue weighted by molar-refractivity contribution is 5.69. The van der Waals surface area contributed by atoms with E-state index < -0.39 is 5.60 Å². The predicted molar refractivity (Wildman–Crippen MR) is 80.1 cm³/mol. The zero-order valence-corrected chi connectivity index (χ0v) is 13.8. The number of nitrogens with zero attached hydrogens (tertiary/aromatic N) is 2. The van der Waals surface area contributed by atoms with Crippen LogP contribution in [0.1, 0.15) is 41.0 Å². The smallest absolute Gasteiger partial charge is 0.410 e. The lowest BCUT2D eigenvalue weighted by Gasteiger charge is -2.40. The highest BCUT2D eigenvalue weighted by Crippen LogP contribution is 2.15. The maximum absolute atomic E-state index is 12.1. The Morgan fingerprint density at radius 2 is 1.90 bits per heavy atom. The molecule has 1 rings (SSSR count). The summed E-state index contributed by atoms with van der Waals surface area (Å²) in [6.45, 7) is 12.6. The molecule has 0 aromatic heterocycles. The first-order valence-electron chi connectivity index (χ1n) is 7.60. The zero-order chi connectivity index (χ0) is 16.0. The first-order chi connectivity index (χ1) is 9.73. The molecule has 0 bridgehead atoms. The van der Waals surface area contributed by atoms with Gasteiger partial charge in [0.15, 0.2) is 0 Å². The number of piperazine rings is 1. The molecule has 1 amide bonds. The van der Waals surface area contributed by atoms with Crippen LogP contribution in [0.5, 0.6) is 0 Å². The summed E-state index contributed by atoms with van der Waals surface area (Å²) < 4.78 is 10.3. The van der Waals surface area contributed by atoms with Gasteiger partial charge < -0.3 is 14.4 Å². The van der Waals surface area contributed by atoms with Crippen LogP contribution in [0.25, 0.3) is 0 Å². The fourth-order valence-electron chi connectivity index (χ4n) is 2.31. The predicted octanol–water partition coefficient (Wildman–Crippen LogP) is 1.88. The molecule has 1 aliphatic heterocycles. The molecule has 0 unspecified atom stereocenters. The number of carbonyl (C=O) groups excluding carboxylic acids is 2. The van der Waals surface area contributed by atoms with Crippen molar-refractivity contribution in [2.45, 2.75) is 52.7 Å². The second-order valence-corrected chi connectivity index (χ2v) is 6.38. The van der Waals surface area contributed by atoms with Gasteiger partial charge in [-0.2, -0.15) is 0 Å². The van der Waals surface area contributed by atoms with Crippen LogP contribution in [0.4, 0.5) is 4.79 Å². The Balaban J connectivity index is 2.40. The lowest BCUT2D eigenvalue weighted by Crippen LogP contribution is -2.55. The van der Waals surface area contributed by atoms with Crippen LogP contribution < -0.4 is 0 Å². The van der Waals surface area contributed by atoms with Gasteiger partial charge in [-0.25, -0.2) is 4.79 Å². The number of carbonyl (C=O) groups is 2. The SMILES string of the molecule is CCOC(=O)CCN1CCN(C(=O)OC(C)(C)C)[C@H](C)C1. The van der Waals surface area contributed by atoms with E-state index in [2.05, 4.69) is 4.90 Å². The van der Waals surface area contributed by atoms with E-state index in [1.807, 2.05) is 27.7 Å². The topological polar surface area (TPSA) is 59.1 Å². The Hall–Kier alpha value is -1.30. The van der Waals surface area contributed by atoms with Crippen LogP contribution in [0.3, 0.4) is 0 Å². The third kappa shape index (κ3) is 6.33. The summed E-state index contributed by atoms with van der Waals surface area (Å²) in [5.74, 6) is -0.167. The molecule has 6 nitrogen and oxygen atoms in total. The standard InChI is InChI=1S/C15H28N2O4/c1-6-20-13(18)7-8-16-9-10-17(12(2)11-16)14(19)21-15(3,4)5/h12H,6-11H2,1-5H3/t12-/m1/s1. The lowest BCUT2D eigenvalue weighted by atomic mass is 10.2. The molecule has 0 saturated carbocycles.